The van der Waals surface area contributed by atoms with Gasteiger partial charge in [0.1, 0.15) is 4.21 Å². The van der Waals surface area contributed by atoms with Crippen molar-refractivity contribution in [3.63, 3.8) is 0 Å². The van der Waals surface area contributed by atoms with Gasteiger partial charge in [-0.3, -0.25) is 0 Å². The number of sulfonamides is 1. The van der Waals surface area contributed by atoms with Gasteiger partial charge in [0, 0.05) is 23.0 Å². The molecule has 0 amide bonds. The van der Waals surface area contributed by atoms with E-state index in [1.807, 2.05) is 13.0 Å². The SMILES string of the molecule is CC1(NS(=O)(=O)c2ccc(CNC3CC3)s2)CC1. The van der Waals surface area contributed by atoms with Crippen LogP contribution in [0.5, 0.6) is 0 Å². The Balaban J connectivity index is 1.67. The van der Waals surface area contributed by atoms with Crippen LogP contribution < -0.4 is 10.0 Å². The lowest BCUT2D eigenvalue weighted by Crippen LogP contribution is -2.33. The lowest BCUT2D eigenvalue weighted by Gasteiger charge is -2.10. The standard InChI is InChI=1S/C12H18N2O2S2/c1-12(6-7-12)14-18(15,16)11-5-4-10(17-11)8-13-9-2-3-9/h4-5,9,13-14H,2-3,6-8H2,1H3. The van der Waals surface area contributed by atoms with Crippen LogP contribution in [0.2, 0.25) is 0 Å². The zero-order valence-electron chi connectivity index (χ0n) is 10.4. The minimum Gasteiger partial charge on any atom is -0.309 e. The smallest absolute Gasteiger partial charge is 0.250 e. The van der Waals surface area contributed by atoms with E-state index in [1.54, 1.807) is 6.07 Å². The van der Waals surface area contributed by atoms with Crippen LogP contribution in [0.15, 0.2) is 16.3 Å². The molecule has 1 aromatic rings. The molecule has 6 heteroatoms. The van der Waals surface area contributed by atoms with Crippen molar-refractivity contribution >= 4 is 21.4 Å². The molecule has 3 rings (SSSR count). The van der Waals surface area contributed by atoms with E-state index in [4.69, 9.17) is 0 Å². The van der Waals surface area contributed by atoms with E-state index in [0.717, 1.165) is 24.3 Å². The molecule has 0 saturated heterocycles. The van der Waals surface area contributed by atoms with E-state index in [0.29, 0.717) is 10.3 Å². The molecule has 1 aromatic heterocycles. The third-order valence-electron chi connectivity index (χ3n) is 3.42. The fourth-order valence-corrected chi connectivity index (χ4v) is 4.57. The molecule has 0 spiro atoms. The molecule has 0 unspecified atom stereocenters. The molecular formula is C12H18N2O2S2. The van der Waals surface area contributed by atoms with Gasteiger partial charge in [0.2, 0.25) is 0 Å². The van der Waals surface area contributed by atoms with Gasteiger partial charge in [0.15, 0.2) is 0 Å². The van der Waals surface area contributed by atoms with Crippen LogP contribution >= 0.6 is 11.3 Å². The Morgan fingerprint density at radius 1 is 1.39 bits per heavy atom. The highest BCUT2D eigenvalue weighted by Gasteiger charge is 2.41. The van der Waals surface area contributed by atoms with Crippen LogP contribution in [0, 0.1) is 0 Å². The summed E-state index contributed by atoms with van der Waals surface area (Å²) in [5.74, 6) is 0. The largest absolute Gasteiger partial charge is 0.309 e. The Bertz CT molecular complexity index is 542. The molecule has 0 bridgehead atoms. The summed E-state index contributed by atoms with van der Waals surface area (Å²) in [6.07, 6.45) is 4.37. The summed E-state index contributed by atoms with van der Waals surface area (Å²) in [5, 5.41) is 3.39. The van der Waals surface area contributed by atoms with Gasteiger partial charge in [-0.1, -0.05) is 0 Å². The van der Waals surface area contributed by atoms with Gasteiger partial charge < -0.3 is 5.32 Å². The second kappa shape index (κ2) is 4.30. The minimum atomic E-state index is -3.32. The van der Waals surface area contributed by atoms with Crippen molar-refractivity contribution in [3.8, 4) is 0 Å². The molecule has 0 atom stereocenters. The third kappa shape index (κ3) is 2.93. The maximum absolute atomic E-state index is 12.1. The van der Waals surface area contributed by atoms with E-state index in [2.05, 4.69) is 10.0 Å². The predicted molar refractivity (Wildman–Crippen MR) is 72.1 cm³/mol. The first-order valence-corrected chi connectivity index (χ1v) is 8.63. The highest BCUT2D eigenvalue weighted by Crippen LogP contribution is 2.36. The summed E-state index contributed by atoms with van der Waals surface area (Å²) < 4.78 is 27.5. The summed E-state index contributed by atoms with van der Waals surface area (Å²) >= 11 is 1.37. The zero-order chi connectivity index (χ0) is 12.8. The second-order valence-corrected chi connectivity index (χ2v) is 8.62. The molecule has 2 saturated carbocycles. The fraction of sp³-hybridized carbons (Fsp3) is 0.667. The number of thiophene rings is 1. The van der Waals surface area contributed by atoms with Crippen LogP contribution in [-0.2, 0) is 16.6 Å². The maximum atomic E-state index is 12.1. The molecule has 0 radical (unpaired) electrons. The van der Waals surface area contributed by atoms with Gasteiger partial charge in [-0.15, -0.1) is 11.3 Å². The van der Waals surface area contributed by atoms with Crippen LogP contribution in [-0.4, -0.2) is 20.0 Å². The molecule has 2 fully saturated rings. The summed E-state index contributed by atoms with van der Waals surface area (Å²) in [5.41, 5.74) is -0.199. The van der Waals surface area contributed by atoms with E-state index in [1.165, 1.54) is 24.2 Å². The Morgan fingerprint density at radius 2 is 2.11 bits per heavy atom. The second-order valence-electron chi connectivity index (χ2n) is 5.54. The number of hydrogen-bond donors (Lipinski definition) is 2. The summed E-state index contributed by atoms with van der Waals surface area (Å²) in [6, 6.07) is 4.27. The van der Waals surface area contributed by atoms with Gasteiger partial charge in [0.25, 0.3) is 10.0 Å². The van der Waals surface area contributed by atoms with Crippen LogP contribution in [0.3, 0.4) is 0 Å². The number of nitrogens with one attached hydrogen (secondary N) is 2. The van der Waals surface area contributed by atoms with Crippen molar-refractivity contribution < 1.29 is 8.42 Å². The average Bonchev–Trinajstić information content (AvgIpc) is 3.18. The third-order valence-corrected chi connectivity index (χ3v) is 6.64. The van der Waals surface area contributed by atoms with Crippen LogP contribution in [0.1, 0.15) is 37.5 Å². The van der Waals surface area contributed by atoms with Crippen molar-refractivity contribution in [3.05, 3.63) is 17.0 Å². The van der Waals surface area contributed by atoms with Crippen molar-refractivity contribution in [2.24, 2.45) is 0 Å². The van der Waals surface area contributed by atoms with Gasteiger partial charge in [-0.25, -0.2) is 13.1 Å². The summed E-state index contributed by atoms with van der Waals surface area (Å²) in [4.78, 5) is 1.09. The van der Waals surface area contributed by atoms with Gasteiger partial charge >= 0.3 is 0 Å². The van der Waals surface area contributed by atoms with Gasteiger partial charge in [0.05, 0.1) is 0 Å². The van der Waals surface area contributed by atoms with E-state index < -0.39 is 10.0 Å². The Hall–Kier alpha value is -0.430. The first-order valence-electron chi connectivity index (χ1n) is 6.33. The first kappa shape index (κ1) is 12.6. The Kier molecular flexibility index (Phi) is 3.01. The first-order chi connectivity index (χ1) is 8.47. The molecule has 0 aromatic carbocycles. The molecule has 18 heavy (non-hydrogen) atoms. The highest BCUT2D eigenvalue weighted by atomic mass is 32.2. The Labute approximate surface area is 112 Å². The van der Waals surface area contributed by atoms with E-state index in [9.17, 15) is 8.42 Å². The van der Waals surface area contributed by atoms with Gasteiger partial charge in [-0.05, 0) is 44.7 Å². The molecule has 2 aliphatic rings. The normalized spacial score (nSPS) is 22.1. The number of hydrogen-bond acceptors (Lipinski definition) is 4. The summed E-state index contributed by atoms with van der Waals surface area (Å²) in [6.45, 7) is 2.73. The monoisotopic (exact) mass is 286 g/mol. The van der Waals surface area contributed by atoms with Gasteiger partial charge in [-0.2, -0.15) is 0 Å². The van der Waals surface area contributed by atoms with Crippen molar-refractivity contribution in [1.29, 1.82) is 0 Å². The fourth-order valence-electron chi connectivity index (χ4n) is 1.79. The Morgan fingerprint density at radius 3 is 2.72 bits per heavy atom. The van der Waals surface area contributed by atoms with Crippen molar-refractivity contribution in [2.45, 2.75) is 54.9 Å². The van der Waals surface area contributed by atoms with Crippen molar-refractivity contribution in [1.82, 2.24) is 10.0 Å². The highest BCUT2D eigenvalue weighted by molar-refractivity contribution is 7.91. The molecule has 2 aliphatic carbocycles. The molecule has 4 nitrogen and oxygen atoms in total. The maximum Gasteiger partial charge on any atom is 0.250 e. The molecule has 1 heterocycles. The number of rotatable bonds is 6. The van der Waals surface area contributed by atoms with Crippen LogP contribution in [0.25, 0.3) is 0 Å². The predicted octanol–water partition coefficient (Wildman–Crippen LogP) is 1.83. The zero-order valence-corrected chi connectivity index (χ0v) is 12.0. The average molecular weight is 286 g/mol. The van der Waals surface area contributed by atoms with Crippen molar-refractivity contribution in [2.75, 3.05) is 0 Å². The topological polar surface area (TPSA) is 58.2 Å². The lowest BCUT2D eigenvalue weighted by atomic mass is 10.4. The molecular weight excluding hydrogens is 268 g/mol. The van der Waals surface area contributed by atoms with E-state index >= 15 is 0 Å². The van der Waals surface area contributed by atoms with Crippen LogP contribution in [0.4, 0.5) is 0 Å². The molecule has 0 aliphatic heterocycles. The quantitative estimate of drug-likeness (QED) is 0.839. The molecule has 100 valence electrons. The van der Waals surface area contributed by atoms with E-state index in [-0.39, 0.29) is 5.54 Å². The summed E-state index contributed by atoms with van der Waals surface area (Å²) in [7, 11) is -3.32. The molecule has 2 N–H and O–H groups in total. The lowest BCUT2D eigenvalue weighted by molar-refractivity contribution is 0.560. The minimum absolute atomic E-state index is 0.199.